The zero-order chi connectivity index (χ0) is 13.7. The van der Waals surface area contributed by atoms with Crippen LogP contribution in [-0.4, -0.2) is 23.0 Å². The van der Waals surface area contributed by atoms with Crippen LogP contribution in [0.15, 0.2) is 24.3 Å². The van der Waals surface area contributed by atoms with Crippen molar-refractivity contribution in [1.82, 2.24) is 5.32 Å². The van der Waals surface area contributed by atoms with Gasteiger partial charge in [0.25, 0.3) is 0 Å². The molecule has 0 aliphatic heterocycles. The molecule has 1 amide bonds. The molecule has 0 spiro atoms. The number of carboxylic acid groups (broad SMARTS) is 1. The summed E-state index contributed by atoms with van der Waals surface area (Å²) in [6, 6.07) is 3.98. The Bertz CT molecular complexity index is 500. The monoisotopic (exact) mass is 287 g/mol. The van der Waals surface area contributed by atoms with Crippen molar-refractivity contribution in [2.24, 2.45) is 0 Å². The fraction of sp³-hybridized carbons (Fsp3) is 0.167. The van der Waals surface area contributed by atoms with Crippen LogP contribution in [0.2, 0.25) is 10.0 Å². The summed E-state index contributed by atoms with van der Waals surface area (Å²) in [6.45, 7) is 1.38. The first-order valence-electron chi connectivity index (χ1n) is 5.06. The summed E-state index contributed by atoms with van der Waals surface area (Å²) in [6.07, 6.45) is 2.76. The molecule has 1 atom stereocenters. The number of halogens is 2. The van der Waals surface area contributed by atoms with Gasteiger partial charge in [-0.1, -0.05) is 29.3 Å². The molecule has 0 bridgehead atoms. The molecule has 0 aliphatic carbocycles. The maximum absolute atomic E-state index is 11.4. The largest absolute Gasteiger partial charge is 0.480 e. The Morgan fingerprint density at radius 2 is 2.00 bits per heavy atom. The number of carbonyl (C=O) groups excluding carboxylic acids is 1. The van der Waals surface area contributed by atoms with Crippen LogP contribution in [0.1, 0.15) is 12.5 Å². The maximum atomic E-state index is 11.4. The molecule has 0 unspecified atom stereocenters. The topological polar surface area (TPSA) is 66.4 Å². The van der Waals surface area contributed by atoms with E-state index in [2.05, 4.69) is 5.32 Å². The van der Waals surface area contributed by atoms with Gasteiger partial charge in [0.2, 0.25) is 5.91 Å². The van der Waals surface area contributed by atoms with Crippen molar-refractivity contribution in [1.29, 1.82) is 0 Å². The molecule has 0 radical (unpaired) electrons. The number of aliphatic carboxylic acids is 1. The van der Waals surface area contributed by atoms with E-state index in [1.165, 1.54) is 19.1 Å². The van der Waals surface area contributed by atoms with Gasteiger partial charge in [0.15, 0.2) is 0 Å². The minimum Gasteiger partial charge on any atom is -0.480 e. The molecule has 4 nitrogen and oxygen atoms in total. The van der Waals surface area contributed by atoms with Crippen LogP contribution >= 0.6 is 23.2 Å². The third-order valence-electron chi connectivity index (χ3n) is 2.10. The van der Waals surface area contributed by atoms with E-state index in [4.69, 9.17) is 28.3 Å². The Morgan fingerprint density at radius 3 is 2.56 bits per heavy atom. The summed E-state index contributed by atoms with van der Waals surface area (Å²) < 4.78 is 0. The van der Waals surface area contributed by atoms with Gasteiger partial charge in [0.1, 0.15) is 6.04 Å². The number of carboxylic acids is 1. The minimum absolute atomic E-state index is 0.387. The highest BCUT2D eigenvalue weighted by molar-refractivity contribution is 6.42. The number of rotatable bonds is 4. The molecule has 0 saturated heterocycles. The summed E-state index contributed by atoms with van der Waals surface area (Å²) in [4.78, 5) is 21.9. The third-order valence-corrected chi connectivity index (χ3v) is 2.84. The molecule has 0 fully saturated rings. The second-order valence-electron chi connectivity index (χ2n) is 3.58. The van der Waals surface area contributed by atoms with Crippen molar-refractivity contribution in [3.8, 4) is 0 Å². The molecule has 18 heavy (non-hydrogen) atoms. The fourth-order valence-corrected chi connectivity index (χ4v) is 1.42. The Labute approximate surface area is 114 Å². The molecule has 1 aromatic rings. The predicted octanol–water partition coefficient (Wildman–Crippen LogP) is 2.60. The van der Waals surface area contributed by atoms with E-state index in [-0.39, 0.29) is 0 Å². The van der Waals surface area contributed by atoms with E-state index in [9.17, 15) is 9.59 Å². The maximum Gasteiger partial charge on any atom is 0.325 e. The van der Waals surface area contributed by atoms with Crippen molar-refractivity contribution in [3.63, 3.8) is 0 Å². The van der Waals surface area contributed by atoms with Gasteiger partial charge in [0.05, 0.1) is 10.0 Å². The molecule has 2 N–H and O–H groups in total. The Kier molecular flexibility index (Phi) is 5.19. The van der Waals surface area contributed by atoms with Gasteiger partial charge < -0.3 is 10.4 Å². The lowest BCUT2D eigenvalue weighted by Crippen LogP contribution is -2.37. The van der Waals surface area contributed by atoms with Crippen LogP contribution in [0.4, 0.5) is 0 Å². The van der Waals surface area contributed by atoms with E-state index in [0.29, 0.717) is 15.6 Å². The molecule has 0 aliphatic rings. The van der Waals surface area contributed by atoms with Crippen LogP contribution in [0.3, 0.4) is 0 Å². The average Bonchev–Trinajstić information content (AvgIpc) is 2.30. The summed E-state index contributed by atoms with van der Waals surface area (Å²) >= 11 is 11.6. The summed E-state index contributed by atoms with van der Waals surface area (Å²) in [5, 5.41) is 11.7. The normalized spacial score (nSPS) is 12.4. The van der Waals surface area contributed by atoms with Gasteiger partial charge in [-0.25, -0.2) is 0 Å². The Hall–Kier alpha value is -1.52. The van der Waals surface area contributed by atoms with E-state index in [0.717, 1.165) is 0 Å². The van der Waals surface area contributed by atoms with Crippen LogP contribution in [0.5, 0.6) is 0 Å². The standard InChI is InChI=1S/C12H11Cl2NO3/c1-7(12(17)18)15-11(16)5-3-8-2-4-9(13)10(14)6-8/h2-7H,1H3,(H,15,16)(H,17,18)/b5-3+/t7-/m0/s1. The Balaban J connectivity index is 2.66. The lowest BCUT2D eigenvalue weighted by molar-refractivity contribution is -0.140. The SMILES string of the molecule is C[C@H](NC(=O)/C=C/c1ccc(Cl)c(Cl)c1)C(=O)O. The van der Waals surface area contributed by atoms with Crippen molar-refractivity contribution in [2.75, 3.05) is 0 Å². The quantitative estimate of drug-likeness (QED) is 0.837. The fourth-order valence-electron chi connectivity index (χ4n) is 1.11. The number of carbonyl (C=O) groups is 2. The number of amides is 1. The molecule has 1 rings (SSSR count). The first-order chi connectivity index (χ1) is 8.40. The lowest BCUT2D eigenvalue weighted by atomic mass is 10.2. The van der Waals surface area contributed by atoms with Crippen molar-refractivity contribution in [3.05, 3.63) is 39.9 Å². The molecule has 1 aromatic carbocycles. The van der Waals surface area contributed by atoms with E-state index in [1.807, 2.05) is 0 Å². The van der Waals surface area contributed by atoms with Crippen molar-refractivity contribution in [2.45, 2.75) is 13.0 Å². The third kappa shape index (κ3) is 4.39. The van der Waals surface area contributed by atoms with Crippen LogP contribution < -0.4 is 5.32 Å². The average molecular weight is 288 g/mol. The van der Waals surface area contributed by atoms with Crippen LogP contribution in [0.25, 0.3) is 6.08 Å². The van der Waals surface area contributed by atoms with Crippen LogP contribution in [-0.2, 0) is 9.59 Å². The molecule has 0 saturated carbocycles. The van der Waals surface area contributed by atoms with E-state index >= 15 is 0 Å². The molecule has 0 aromatic heterocycles. The number of hydrogen-bond acceptors (Lipinski definition) is 2. The van der Waals surface area contributed by atoms with E-state index < -0.39 is 17.9 Å². The van der Waals surface area contributed by atoms with Crippen LogP contribution in [0, 0.1) is 0 Å². The van der Waals surface area contributed by atoms with Gasteiger partial charge in [-0.2, -0.15) is 0 Å². The lowest BCUT2D eigenvalue weighted by Gasteiger charge is -2.06. The zero-order valence-corrected chi connectivity index (χ0v) is 11.0. The summed E-state index contributed by atoms with van der Waals surface area (Å²) in [5.74, 6) is -1.58. The molecule has 96 valence electrons. The number of nitrogens with one attached hydrogen (secondary N) is 1. The van der Waals surface area contributed by atoms with E-state index in [1.54, 1.807) is 18.2 Å². The van der Waals surface area contributed by atoms with Gasteiger partial charge in [-0.05, 0) is 30.7 Å². The second-order valence-corrected chi connectivity index (χ2v) is 4.39. The number of hydrogen-bond donors (Lipinski definition) is 2. The number of benzene rings is 1. The predicted molar refractivity (Wildman–Crippen MR) is 70.7 cm³/mol. The van der Waals surface area contributed by atoms with Gasteiger partial charge in [-0.3, -0.25) is 9.59 Å². The first-order valence-corrected chi connectivity index (χ1v) is 5.82. The van der Waals surface area contributed by atoms with Gasteiger partial charge in [0, 0.05) is 6.08 Å². The highest BCUT2D eigenvalue weighted by Crippen LogP contribution is 2.22. The highest BCUT2D eigenvalue weighted by Gasteiger charge is 2.11. The van der Waals surface area contributed by atoms with Gasteiger partial charge >= 0.3 is 5.97 Å². The van der Waals surface area contributed by atoms with Gasteiger partial charge in [-0.15, -0.1) is 0 Å². The molecule has 6 heteroatoms. The van der Waals surface area contributed by atoms with Crippen molar-refractivity contribution < 1.29 is 14.7 Å². The Morgan fingerprint density at radius 1 is 1.33 bits per heavy atom. The zero-order valence-electron chi connectivity index (χ0n) is 9.48. The summed E-state index contributed by atoms with van der Waals surface area (Å²) in [5.41, 5.74) is 0.697. The molecule has 0 heterocycles. The highest BCUT2D eigenvalue weighted by atomic mass is 35.5. The minimum atomic E-state index is -1.09. The second kappa shape index (κ2) is 6.42. The first kappa shape index (κ1) is 14.5. The molecular formula is C12H11Cl2NO3. The smallest absolute Gasteiger partial charge is 0.325 e. The summed E-state index contributed by atoms with van der Waals surface area (Å²) in [7, 11) is 0. The molecular weight excluding hydrogens is 277 g/mol. The van der Waals surface area contributed by atoms with Crippen molar-refractivity contribution >= 4 is 41.2 Å².